The van der Waals surface area contributed by atoms with Crippen LogP contribution in [0.4, 0.5) is 0 Å². The second kappa shape index (κ2) is 8.93. The Hall–Kier alpha value is -0.0800. The molecule has 104 valence electrons. The van der Waals surface area contributed by atoms with E-state index < -0.39 is 0 Å². The molecular formula is C15H33NO. The van der Waals surface area contributed by atoms with Gasteiger partial charge < -0.3 is 9.64 Å². The Morgan fingerprint density at radius 1 is 1.18 bits per heavy atom. The Morgan fingerprint density at radius 3 is 2.35 bits per heavy atom. The smallest absolute Gasteiger partial charge is 0.0534 e. The summed E-state index contributed by atoms with van der Waals surface area (Å²) in [6, 6.07) is 0. The highest BCUT2D eigenvalue weighted by atomic mass is 16.5. The van der Waals surface area contributed by atoms with Gasteiger partial charge in [-0.05, 0) is 38.8 Å². The molecule has 0 radical (unpaired) electrons. The third-order valence-electron chi connectivity index (χ3n) is 3.44. The van der Waals surface area contributed by atoms with Gasteiger partial charge in [0.05, 0.1) is 6.61 Å². The number of rotatable bonds is 0. The van der Waals surface area contributed by atoms with Crippen LogP contribution in [0.1, 0.15) is 53.9 Å². The van der Waals surface area contributed by atoms with Crippen molar-refractivity contribution in [1.29, 1.82) is 0 Å². The normalized spacial score (nSPS) is 33.2. The van der Waals surface area contributed by atoms with E-state index in [1.807, 2.05) is 27.7 Å². The van der Waals surface area contributed by atoms with E-state index in [1.54, 1.807) is 0 Å². The number of ether oxygens (including phenoxy) is 1. The minimum absolute atomic E-state index is 0.505. The van der Waals surface area contributed by atoms with Crippen molar-refractivity contribution in [3.8, 4) is 0 Å². The first-order chi connectivity index (χ1) is 8.20. The molecule has 2 aliphatic heterocycles. The summed E-state index contributed by atoms with van der Waals surface area (Å²) in [5, 5.41) is 0. The molecule has 2 nitrogen and oxygen atoms in total. The van der Waals surface area contributed by atoms with Crippen molar-refractivity contribution in [3.05, 3.63) is 0 Å². The third-order valence-corrected chi connectivity index (χ3v) is 3.44. The third kappa shape index (κ3) is 5.39. The first-order valence-electron chi connectivity index (χ1n) is 7.47. The molecule has 2 rings (SSSR count). The molecule has 1 spiro atoms. The number of nitrogens with zero attached hydrogens (tertiary/aromatic N) is 1. The van der Waals surface area contributed by atoms with Gasteiger partial charge in [0.25, 0.3) is 0 Å². The van der Waals surface area contributed by atoms with Crippen LogP contribution in [-0.2, 0) is 4.74 Å². The van der Waals surface area contributed by atoms with Gasteiger partial charge in [-0.25, -0.2) is 0 Å². The van der Waals surface area contributed by atoms with E-state index >= 15 is 0 Å². The lowest BCUT2D eigenvalue weighted by atomic mass is 9.73. The van der Waals surface area contributed by atoms with Crippen molar-refractivity contribution in [1.82, 2.24) is 4.90 Å². The quantitative estimate of drug-likeness (QED) is 0.641. The standard InChI is InChI=1S/C11H21NO.2C2H6/c1-10-6-11(9-13-7-10)4-3-5-12(2)8-11;2*1-2/h10H,3-9H2,1-2H3;2*1-2H3. The molecule has 2 heteroatoms. The van der Waals surface area contributed by atoms with Crippen molar-refractivity contribution < 1.29 is 4.74 Å². The van der Waals surface area contributed by atoms with E-state index in [9.17, 15) is 0 Å². The van der Waals surface area contributed by atoms with Crippen LogP contribution >= 0.6 is 0 Å². The molecule has 2 atom stereocenters. The number of piperidine rings is 1. The van der Waals surface area contributed by atoms with Gasteiger partial charge in [0, 0.05) is 18.6 Å². The lowest BCUT2D eigenvalue weighted by Crippen LogP contribution is -2.47. The average molecular weight is 243 g/mol. The molecule has 0 aromatic rings. The van der Waals surface area contributed by atoms with E-state index in [4.69, 9.17) is 4.74 Å². The van der Waals surface area contributed by atoms with E-state index in [0.29, 0.717) is 5.41 Å². The zero-order valence-electron chi connectivity index (χ0n) is 12.9. The van der Waals surface area contributed by atoms with Gasteiger partial charge >= 0.3 is 0 Å². The van der Waals surface area contributed by atoms with E-state index in [2.05, 4.69) is 18.9 Å². The van der Waals surface area contributed by atoms with Gasteiger partial charge in [0.1, 0.15) is 0 Å². The predicted octanol–water partition coefficient (Wildman–Crippen LogP) is 3.81. The van der Waals surface area contributed by atoms with Gasteiger partial charge in [0.2, 0.25) is 0 Å². The fraction of sp³-hybridized carbons (Fsp3) is 1.00. The van der Waals surface area contributed by atoms with Crippen LogP contribution < -0.4 is 0 Å². The van der Waals surface area contributed by atoms with Crippen LogP contribution in [0.15, 0.2) is 0 Å². The second-order valence-corrected chi connectivity index (χ2v) is 5.17. The van der Waals surface area contributed by atoms with Crippen molar-refractivity contribution in [2.45, 2.75) is 53.9 Å². The highest BCUT2D eigenvalue weighted by Gasteiger charge is 2.38. The van der Waals surface area contributed by atoms with E-state index in [1.165, 1.54) is 32.4 Å². The molecule has 0 saturated carbocycles. The lowest BCUT2D eigenvalue weighted by Gasteiger charge is -2.45. The molecule has 0 aromatic heterocycles. The minimum Gasteiger partial charge on any atom is -0.381 e. The SMILES string of the molecule is CC.CC.CC1COCC2(CCCN(C)C2)C1. The molecule has 2 heterocycles. The Bertz CT molecular complexity index is 162. The molecule has 0 bridgehead atoms. The van der Waals surface area contributed by atoms with E-state index in [0.717, 1.165) is 19.1 Å². The van der Waals surface area contributed by atoms with Gasteiger partial charge in [-0.2, -0.15) is 0 Å². The molecule has 2 saturated heterocycles. The van der Waals surface area contributed by atoms with Gasteiger partial charge in [-0.3, -0.25) is 0 Å². The maximum atomic E-state index is 5.70. The van der Waals surface area contributed by atoms with Crippen LogP contribution in [0.5, 0.6) is 0 Å². The van der Waals surface area contributed by atoms with Gasteiger partial charge in [0.15, 0.2) is 0 Å². The van der Waals surface area contributed by atoms with Crippen molar-refractivity contribution in [2.24, 2.45) is 11.3 Å². The van der Waals surface area contributed by atoms with Crippen molar-refractivity contribution in [2.75, 3.05) is 33.4 Å². The maximum Gasteiger partial charge on any atom is 0.0534 e. The van der Waals surface area contributed by atoms with Crippen LogP contribution in [0.2, 0.25) is 0 Å². The molecular weight excluding hydrogens is 210 g/mol. The molecule has 0 N–H and O–H groups in total. The monoisotopic (exact) mass is 243 g/mol. The molecule has 0 amide bonds. The molecule has 2 aliphatic rings. The molecule has 0 aliphatic carbocycles. The van der Waals surface area contributed by atoms with Crippen LogP contribution in [-0.4, -0.2) is 38.3 Å². The Balaban J connectivity index is 0.000000581. The zero-order chi connectivity index (χ0) is 13.3. The summed E-state index contributed by atoms with van der Waals surface area (Å²) < 4.78 is 5.70. The lowest BCUT2D eigenvalue weighted by molar-refractivity contribution is -0.0679. The summed E-state index contributed by atoms with van der Waals surface area (Å²) >= 11 is 0. The maximum absolute atomic E-state index is 5.70. The highest BCUT2D eigenvalue weighted by molar-refractivity contribution is 4.89. The first kappa shape index (κ1) is 16.9. The summed E-state index contributed by atoms with van der Waals surface area (Å²) in [6.45, 7) is 14.8. The molecule has 17 heavy (non-hydrogen) atoms. The Morgan fingerprint density at radius 2 is 1.82 bits per heavy atom. The number of likely N-dealkylation sites (tertiary alicyclic amines) is 1. The first-order valence-corrected chi connectivity index (χ1v) is 7.47. The van der Waals surface area contributed by atoms with E-state index in [-0.39, 0.29) is 0 Å². The fourth-order valence-corrected chi connectivity index (χ4v) is 3.07. The molecule has 0 aromatic carbocycles. The summed E-state index contributed by atoms with van der Waals surface area (Å²) in [5.74, 6) is 0.764. The molecule has 2 fully saturated rings. The van der Waals surface area contributed by atoms with Crippen LogP contribution in [0.25, 0.3) is 0 Å². The highest BCUT2D eigenvalue weighted by Crippen LogP contribution is 2.38. The number of hydrogen-bond donors (Lipinski definition) is 0. The zero-order valence-corrected chi connectivity index (χ0v) is 12.9. The minimum atomic E-state index is 0.505. The average Bonchev–Trinajstić information content (AvgIpc) is 2.33. The summed E-state index contributed by atoms with van der Waals surface area (Å²) in [5.41, 5.74) is 0.505. The predicted molar refractivity (Wildman–Crippen MR) is 76.5 cm³/mol. The van der Waals surface area contributed by atoms with Crippen LogP contribution in [0.3, 0.4) is 0 Å². The summed E-state index contributed by atoms with van der Waals surface area (Å²) in [4.78, 5) is 2.46. The van der Waals surface area contributed by atoms with Gasteiger partial charge in [-0.1, -0.05) is 34.6 Å². The van der Waals surface area contributed by atoms with Crippen LogP contribution in [0, 0.1) is 11.3 Å². The Kier molecular flexibility index (Phi) is 8.89. The largest absolute Gasteiger partial charge is 0.381 e. The number of hydrogen-bond acceptors (Lipinski definition) is 2. The Labute approximate surface area is 109 Å². The van der Waals surface area contributed by atoms with Crippen molar-refractivity contribution >= 4 is 0 Å². The summed E-state index contributed by atoms with van der Waals surface area (Å²) in [7, 11) is 2.24. The molecule has 2 unspecified atom stereocenters. The van der Waals surface area contributed by atoms with Gasteiger partial charge in [-0.15, -0.1) is 0 Å². The second-order valence-electron chi connectivity index (χ2n) is 5.17. The topological polar surface area (TPSA) is 12.5 Å². The fourth-order valence-electron chi connectivity index (χ4n) is 3.07. The van der Waals surface area contributed by atoms with Crippen molar-refractivity contribution in [3.63, 3.8) is 0 Å². The summed E-state index contributed by atoms with van der Waals surface area (Å²) in [6.07, 6.45) is 4.10.